The number of carboxylic acids is 1. The van der Waals surface area contributed by atoms with Gasteiger partial charge in [0, 0.05) is 36.3 Å². The number of aliphatic carboxylic acids is 1. The largest absolute Gasteiger partial charge is 0.498 e. The highest BCUT2D eigenvalue weighted by Gasteiger charge is 2.32. The van der Waals surface area contributed by atoms with Gasteiger partial charge in [0.25, 0.3) is 0 Å². The standard InChI is InChI=1S/C13H25NO4.C11H21NO4.C9H16O.C8H18N2O2.C8H15NO4.C8H17NO3S.C8H17NO2.2C7H15NO.C7H17N/c1-7-17-11(15)10(8-9(2)3)14-12(16)18-13(4,5)6;1-7(2)6-8(9(13)14)12-10(15)16-11(3,4)5;1-7(2)4-9-5-8(3)10-6-9;1-6(2)5-7(9)8(12)10-3-4-11;1-4-13-8(10)7(9(11)12)5-6(2)3;1-6(2)5-8(7(3)10)9-13(4,11)12;1-4-11-8(10)7(9)5-6(2)3;2*1-5(2)4-7(8)6(3)9;1-4-7(8)5-6(2)3/h9-10H,7-8H2,1-6H3,(H,14,16);7-8H,6H2,1-5H3,(H,12,15)(H,13,14);7,9H,3-6H2,1-2H3;6-7,11H,3-5,9H2,1-2H3,(H,10,12);6-7H,4-5H2,1-3H3;6,8-9H,5H2,1-4H3;6-7H,4-5,9H2,1-3H3;2*5,7H,4,8H2,1-3H3;6-7H,4-5,8H2,1-3H3/t10-;8-;;2*7-;8-;4*7-/m00.0000001/s1. The molecule has 0 saturated carbocycles. The first-order valence-electron chi connectivity index (χ1n) is 42.4. The number of ketones is 3. The van der Waals surface area contributed by atoms with Crippen molar-refractivity contribution in [3.05, 3.63) is 22.5 Å². The number of Topliss-reactive ketones (excluding diaryl/α,β-unsaturated/α-hetero) is 3. The fourth-order valence-electron chi connectivity index (χ4n) is 9.89. The van der Waals surface area contributed by atoms with E-state index >= 15 is 0 Å². The Morgan fingerprint density at radius 1 is 0.504 bits per heavy atom. The zero-order chi connectivity index (χ0) is 95.8. The molecular weight excluding hydrogens is 1560 g/mol. The lowest BCUT2D eigenvalue weighted by atomic mass is 9.96. The van der Waals surface area contributed by atoms with Crippen LogP contribution in [-0.2, 0) is 76.8 Å². The SMILES string of the molecule is C=C1CC(CC(C)C)CO1.CC(=O)[C@@H](N)CC(C)C.CC(=O)[C@@H](N)CC(C)C.CC(=O)[C@H](CC(C)C)NS(C)(=O)=O.CC(C)C[C@H](N)C(=O)NCCO.CC(C)C[C@H](NC(=O)OC(C)(C)C)C(=O)O.CCOC(=O)[C@@H](N)CC(C)C.CCOC(=O)[C@H](CC(C)C)NC(=O)OC(C)(C)C.CCOC(=O)[C@H](CC(C)C)[N+](=O)[O-].CC[C@@H](N)CC(C)C. The highest BCUT2D eigenvalue weighted by molar-refractivity contribution is 7.88. The summed E-state index contributed by atoms with van der Waals surface area (Å²) < 4.78 is 53.7. The molecule has 708 valence electrons. The molecule has 16 N–H and O–H groups in total. The van der Waals surface area contributed by atoms with E-state index in [1.54, 1.807) is 62.3 Å². The number of hydrogen-bond acceptors (Lipinski definition) is 26. The van der Waals surface area contributed by atoms with Crippen molar-refractivity contribution in [2.24, 2.45) is 93.8 Å². The monoisotopic (exact) mass is 1730 g/mol. The summed E-state index contributed by atoms with van der Waals surface area (Å²) in [4.78, 5) is 121. The molecule has 1 saturated heterocycles. The van der Waals surface area contributed by atoms with Crippen molar-refractivity contribution in [3.63, 3.8) is 0 Å². The third-order valence-electron chi connectivity index (χ3n) is 15.2. The number of amides is 3. The molecule has 33 heteroatoms. The average Bonchev–Trinajstić information content (AvgIpc) is 1.47. The molecule has 1 aliphatic heterocycles. The number of rotatable bonds is 39. The van der Waals surface area contributed by atoms with Crippen LogP contribution in [0.25, 0.3) is 0 Å². The van der Waals surface area contributed by atoms with E-state index in [4.69, 9.17) is 62.6 Å². The van der Waals surface area contributed by atoms with Crippen LogP contribution in [0.3, 0.4) is 0 Å². The maximum atomic E-state index is 11.7. The molecule has 10 atom stereocenters. The van der Waals surface area contributed by atoms with Crippen LogP contribution in [-0.4, -0.2) is 194 Å². The molecule has 0 aromatic heterocycles. The first-order chi connectivity index (χ1) is 54.0. The van der Waals surface area contributed by atoms with Crippen molar-refractivity contribution in [2.45, 2.75) is 371 Å². The highest BCUT2D eigenvalue weighted by atomic mass is 32.2. The molecule has 32 nitrogen and oxygen atoms in total. The van der Waals surface area contributed by atoms with Crippen molar-refractivity contribution in [1.29, 1.82) is 0 Å². The minimum Gasteiger partial charge on any atom is -0.498 e. The lowest BCUT2D eigenvalue weighted by Gasteiger charge is -2.23. The Morgan fingerprint density at radius 2 is 0.840 bits per heavy atom. The van der Waals surface area contributed by atoms with Crippen LogP contribution < -0.4 is 49.3 Å². The summed E-state index contributed by atoms with van der Waals surface area (Å²) in [5.74, 6) is 3.39. The zero-order valence-electron chi connectivity index (χ0n) is 80.3. The van der Waals surface area contributed by atoms with Gasteiger partial charge >= 0.3 is 42.1 Å². The van der Waals surface area contributed by atoms with Gasteiger partial charge in [0.05, 0.1) is 69.2 Å². The summed E-state index contributed by atoms with van der Waals surface area (Å²) in [6, 6.07) is -4.29. The Labute approximate surface area is 719 Å². The van der Waals surface area contributed by atoms with Crippen LogP contribution in [0.2, 0.25) is 0 Å². The van der Waals surface area contributed by atoms with Crippen molar-refractivity contribution in [3.8, 4) is 0 Å². The third kappa shape index (κ3) is 98.5. The van der Waals surface area contributed by atoms with Gasteiger partial charge in [-0.05, 0) is 206 Å². The number of nitrogens with two attached hydrogens (primary N) is 5. The second-order valence-corrected chi connectivity index (χ2v) is 37.7. The van der Waals surface area contributed by atoms with Gasteiger partial charge < -0.3 is 83.3 Å². The van der Waals surface area contributed by atoms with Gasteiger partial charge in [-0.2, -0.15) is 0 Å². The van der Waals surface area contributed by atoms with Crippen LogP contribution in [0.4, 0.5) is 9.59 Å². The first kappa shape index (κ1) is 131. The molecule has 0 radical (unpaired) electrons. The predicted octanol–water partition coefficient (Wildman–Crippen LogP) is 12.9. The molecule has 1 rings (SSSR count). The topological polar surface area (TPSA) is 522 Å². The Morgan fingerprint density at radius 3 is 1.11 bits per heavy atom. The summed E-state index contributed by atoms with van der Waals surface area (Å²) >= 11 is 0. The van der Waals surface area contributed by atoms with E-state index in [2.05, 4.69) is 94.3 Å². The van der Waals surface area contributed by atoms with E-state index in [9.17, 15) is 66.5 Å². The van der Waals surface area contributed by atoms with Crippen molar-refractivity contribution < 1.29 is 99.9 Å². The molecule has 1 aliphatic rings. The fourth-order valence-corrected chi connectivity index (χ4v) is 10.7. The number of alkyl carbamates (subject to hydrolysis) is 2. The van der Waals surface area contributed by atoms with Crippen LogP contribution in [0, 0.1) is 75.2 Å². The number of esters is 3. The Hall–Kier alpha value is -6.49. The molecule has 0 bridgehead atoms. The number of ether oxygens (including phenoxy) is 6. The van der Waals surface area contributed by atoms with E-state index in [1.807, 2.05) is 83.1 Å². The van der Waals surface area contributed by atoms with Crippen molar-refractivity contribution in [2.75, 3.05) is 45.8 Å². The number of carbonyl (C=O) groups is 10. The fraction of sp³-hybridized carbons (Fsp3) is 0.860. The van der Waals surface area contributed by atoms with Gasteiger partial charge in [0.2, 0.25) is 15.9 Å². The zero-order valence-corrected chi connectivity index (χ0v) is 81.1. The third-order valence-corrected chi connectivity index (χ3v) is 15.9. The molecule has 0 aromatic carbocycles. The minimum atomic E-state index is -3.28. The van der Waals surface area contributed by atoms with Crippen LogP contribution in [0.15, 0.2) is 12.3 Å². The second-order valence-electron chi connectivity index (χ2n) is 35.9. The van der Waals surface area contributed by atoms with Gasteiger partial charge in [0.1, 0.15) is 46.7 Å². The average molecular weight is 1730 g/mol. The normalized spacial score (nSPS) is 14.5. The van der Waals surface area contributed by atoms with Crippen LogP contribution >= 0.6 is 0 Å². The van der Waals surface area contributed by atoms with E-state index < -0.39 is 92.5 Å². The second kappa shape index (κ2) is 74.2. The number of carboxylic acid groups (broad SMARTS) is 1. The molecule has 3 amide bonds. The smallest absolute Gasteiger partial charge is 0.408 e. The Balaban J connectivity index is -0.000000163. The molecule has 1 unspecified atom stereocenters. The predicted molar refractivity (Wildman–Crippen MR) is 476 cm³/mol. The summed E-state index contributed by atoms with van der Waals surface area (Å²) in [7, 11) is -3.28. The van der Waals surface area contributed by atoms with Crippen molar-refractivity contribution in [1.82, 2.24) is 20.7 Å². The summed E-state index contributed by atoms with van der Waals surface area (Å²) in [5.41, 5.74) is 26.5. The maximum Gasteiger partial charge on any atom is 0.408 e. The number of sulfonamides is 1. The maximum absolute atomic E-state index is 11.7. The number of allylic oxidation sites excluding steroid dienone is 1. The van der Waals surface area contributed by atoms with E-state index in [0.29, 0.717) is 80.9 Å². The van der Waals surface area contributed by atoms with E-state index in [1.165, 1.54) is 27.2 Å². The quantitative estimate of drug-likeness (QED) is 0.0118. The molecule has 119 heavy (non-hydrogen) atoms. The van der Waals surface area contributed by atoms with E-state index in [-0.39, 0.29) is 85.2 Å². The summed E-state index contributed by atoms with van der Waals surface area (Å²) in [6.45, 7) is 68.6. The van der Waals surface area contributed by atoms with Crippen LogP contribution in [0.5, 0.6) is 0 Å². The molecular formula is C86H176N10O22S. The summed E-state index contributed by atoms with van der Waals surface area (Å²) in [6.07, 6.45) is 9.05. The number of nitrogens with one attached hydrogen (secondary N) is 4. The highest BCUT2D eigenvalue weighted by Crippen LogP contribution is 2.27. The molecule has 1 fully saturated rings. The van der Waals surface area contributed by atoms with Crippen LogP contribution in [0.1, 0.15) is 306 Å². The number of aliphatic hydroxyl groups excluding tert-OH is 1. The lowest BCUT2D eigenvalue weighted by molar-refractivity contribution is -0.512. The van der Waals surface area contributed by atoms with E-state index in [0.717, 1.165) is 68.5 Å². The van der Waals surface area contributed by atoms with Gasteiger partial charge in [-0.25, -0.2) is 37.1 Å². The van der Waals surface area contributed by atoms with Gasteiger partial charge in [-0.15, -0.1) is 0 Å². The summed E-state index contributed by atoms with van der Waals surface area (Å²) in [5, 5.41) is 35.2. The number of aliphatic hydroxyl groups is 1. The number of hydrogen-bond donors (Lipinski definition) is 11. The van der Waals surface area contributed by atoms with Gasteiger partial charge in [-0.1, -0.05) is 152 Å². The molecule has 1 heterocycles. The Bertz CT molecular complexity index is 2820. The molecule has 0 aliphatic carbocycles. The Kier molecular flexibility index (Phi) is 81.4. The minimum absolute atomic E-state index is 0.0415. The molecule has 0 spiro atoms. The van der Waals surface area contributed by atoms with Gasteiger partial charge in [-0.3, -0.25) is 34.1 Å². The lowest BCUT2D eigenvalue weighted by Crippen LogP contribution is -2.44. The first-order valence-corrected chi connectivity index (χ1v) is 44.2. The van der Waals surface area contributed by atoms with Crippen molar-refractivity contribution >= 4 is 69.3 Å². The number of nitrogens with zero attached hydrogens (tertiary/aromatic N) is 1. The van der Waals surface area contributed by atoms with Gasteiger partial charge in [0.15, 0.2) is 0 Å². The number of carbonyl (C=O) groups excluding carboxylic acids is 9. The number of nitro groups is 1. The molecule has 0 aromatic rings.